The minimum Gasteiger partial charge on any atom is -0.494 e. The highest BCUT2D eigenvalue weighted by molar-refractivity contribution is 5.91. The minimum absolute atomic E-state index is 0.0142. The van der Waals surface area contributed by atoms with Gasteiger partial charge in [-0.3, -0.25) is 9.69 Å². The zero-order valence-corrected chi connectivity index (χ0v) is 13.1. The summed E-state index contributed by atoms with van der Waals surface area (Å²) in [6.45, 7) is 1.10. The van der Waals surface area contributed by atoms with Gasteiger partial charge in [0.1, 0.15) is 5.75 Å². The molecule has 1 fully saturated rings. The Balaban J connectivity index is 1.88. The minimum atomic E-state index is -1.09. The second kappa shape index (κ2) is 7.91. The van der Waals surface area contributed by atoms with Gasteiger partial charge in [-0.1, -0.05) is 0 Å². The predicted molar refractivity (Wildman–Crippen MR) is 82.2 cm³/mol. The number of nitrogens with zero attached hydrogens (tertiary/aromatic N) is 1. The Kier molecular flexibility index (Phi) is 5.91. The highest BCUT2D eigenvalue weighted by atomic mass is 19.2. The van der Waals surface area contributed by atoms with Gasteiger partial charge in [-0.15, -0.1) is 0 Å². The average Bonchev–Trinajstić information content (AvgIpc) is 2.52. The summed E-state index contributed by atoms with van der Waals surface area (Å²) in [5.41, 5.74) is 0.0252. The van der Waals surface area contributed by atoms with E-state index in [-0.39, 0.29) is 24.0 Å². The zero-order valence-electron chi connectivity index (χ0n) is 13.1. The first-order chi connectivity index (χ1) is 11.4. The topological polar surface area (TPSA) is 90.9 Å². The first kappa shape index (κ1) is 17.9. The Hall–Kier alpha value is -2.42. The monoisotopic (exact) mass is 343 g/mol. The fourth-order valence-corrected chi connectivity index (χ4v) is 2.57. The van der Waals surface area contributed by atoms with Crippen LogP contribution in [0.25, 0.3) is 0 Å². The molecule has 0 unspecified atom stereocenters. The van der Waals surface area contributed by atoms with Gasteiger partial charge in [0.25, 0.3) is 0 Å². The van der Waals surface area contributed by atoms with Gasteiger partial charge >= 0.3 is 12.0 Å². The number of piperidine rings is 1. The number of likely N-dealkylation sites (tertiary alicyclic amines) is 1. The molecule has 3 N–H and O–H groups in total. The van der Waals surface area contributed by atoms with Crippen LogP contribution in [0.5, 0.6) is 5.75 Å². The van der Waals surface area contributed by atoms with Crippen LogP contribution in [-0.4, -0.2) is 54.8 Å². The molecule has 1 aromatic rings. The quantitative estimate of drug-likeness (QED) is 0.756. The van der Waals surface area contributed by atoms with Crippen molar-refractivity contribution in [3.05, 3.63) is 23.8 Å². The summed E-state index contributed by atoms with van der Waals surface area (Å²) < 4.78 is 31.4. The molecule has 24 heavy (non-hydrogen) atoms. The molecule has 1 aliphatic heterocycles. The number of anilines is 1. The summed E-state index contributed by atoms with van der Waals surface area (Å²) in [7, 11) is 1.29. The number of nitrogens with one attached hydrogen (secondary N) is 2. The number of methoxy groups -OCH3 is 1. The van der Waals surface area contributed by atoms with Crippen LogP contribution in [-0.2, 0) is 4.79 Å². The summed E-state index contributed by atoms with van der Waals surface area (Å²) in [4.78, 5) is 24.4. The SMILES string of the molecule is COc1cc(F)c(F)cc1NC(=O)NC1CCN(CC(=O)O)CC1. The van der Waals surface area contributed by atoms with Crippen LogP contribution < -0.4 is 15.4 Å². The fraction of sp³-hybridized carbons (Fsp3) is 0.467. The summed E-state index contributed by atoms with van der Waals surface area (Å²) in [5, 5.41) is 13.9. The fourth-order valence-electron chi connectivity index (χ4n) is 2.57. The number of carboxylic acid groups (broad SMARTS) is 1. The number of carboxylic acids is 1. The number of carbonyl (C=O) groups is 2. The Morgan fingerprint density at radius 2 is 1.92 bits per heavy atom. The van der Waals surface area contributed by atoms with E-state index < -0.39 is 23.6 Å². The third-order valence-electron chi connectivity index (χ3n) is 3.77. The highest BCUT2D eigenvalue weighted by Crippen LogP contribution is 2.27. The van der Waals surface area contributed by atoms with Crippen molar-refractivity contribution in [2.45, 2.75) is 18.9 Å². The van der Waals surface area contributed by atoms with Gasteiger partial charge in [-0.05, 0) is 12.8 Å². The molecule has 2 rings (SSSR count). The van der Waals surface area contributed by atoms with Gasteiger partial charge in [-0.25, -0.2) is 13.6 Å². The summed E-state index contributed by atoms with van der Waals surface area (Å²) in [5.74, 6) is -3.03. The molecule has 1 saturated heterocycles. The van der Waals surface area contributed by atoms with Crippen LogP contribution in [0.2, 0.25) is 0 Å². The Bertz CT molecular complexity index is 619. The molecule has 0 aliphatic carbocycles. The number of hydrogen-bond donors (Lipinski definition) is 3. The number of ether oxygens (including phenoxy) is 1. The first-order valence-electron chi connectivity index (χ1n) is 7.43. The van der Waals surface area contributed by atoms with Crippen molar-refractivity contribution in [2.75, 3.05) is 32.1 Å². The smallest absolute Gasteiger partial charge is 0.319 e. The number of rotatable bonds is 5. The van der Waals surface area contributed by atoms with Crippen molar-refractivity contribution in [1.29, 1.82) is 0 Å². The standard InChI is InChI=1S/C15H19F2N3O4/c1-24-13-7-11(17)10(16)6-12(13)19-15(23)18-9-2-4-20(5-3-9)8-14(21)22/h6-7,9H,2-5,8H2,1H3,(H,21,22)(H2,18,19,23). The van der Waals surface area contributed by atoms with E-state index in [2.05, 4.69) is 10.6 Å². The van der Waals surface area contributed by atoms with Crippen LogP contribution in [0.3, 0.4) is 0 Å². The largest absolute Gasteiger partial charge is 0.494 e. The molecule has 9 heteroatoms. The van der Waals surface area contributed by atoms with Gasteiger partial charge in [0.2, 0.25) is 0 Å². The molecular formula is C15H19F2N3O4. The van der Waals surface area contributed by atoms with Gasteiger partial charge in [0.15, 0.2) is 11.6 Å². The Morgan fingerprint density at radius 1 is 1.29 bits per heavy atom. The molecular weight excluding hydrogens is 324 g/mol. The summed E-state index contributed by atoms with van der Waals surface area (Å²) in [6.07, 6.45) is 1.21. The lowest BCUT2D eigenvalue weighted by Gasteiger charge is -2.31. The molecule has 1 aliphatic rings. The lowest BCUT2D eigenvalue weighted by Crippen LogP contribution is -2.47. The molecule has 1 heterocycles. The van der Waals surface area contributed by atoms with E-state index in [4.69, 9.17) is 9.84 Å². The number of urea groups is 1. The van der Waals surface area contributed by atoms with E-state index in [1.807, 2.05) is 0 Å². The maximum atomic E-state index is 13.3. The van der Waals surface area contributed by atoms with Crippen LogP contribution in [0.1, 0.15) is 12.8 Å². The molecule has 0 radical (unpaired) electrons. The lowest BCUT2D eigenvalue weighted by molar-refractivity contribution is -0.138. The summed E-state index contributed by atoms with van der Waals surface area (Å²) in [6, 6.07) is 1.03. The number of amides is 2. The van der Waals surface area contributed by atoms with E-state index in [1.165, 1.54) is 7.11 Å². The van der Waals surface area contributed by atoms with E-state index in [0.29, 0.717) is 25.9 Å². The van der Waals surface area contributed by atoms with Gasteiger partial charge < -0.3 is 20.5 Å². The third kappa shape index (κ3) is 4.79. The van der Waals surface area contributed by atoms with E-state index in [1.54, 1.807) is 4.90 Å². The van der Waals surface area contributed by atoms with Gasteiger partial charge in [0, 0.05) is 31.3 Å². The molecule has 1 aromatic carbocycles. The molecule has 2 amide bonds. The molecule has 7 nitrogen and oxygen atoms in total. The number of hydrogen-bond acceptors (Lipinski definition) is 4. The number of carbonyl (C=O) groups excluding carboxylic acids is 1. The van der Waals surface area contributed by atoms with Crippen molar-refractivity contribution >= 4 is 17.7 Å². The Labute approximate surface area is 137 Å². The average molecular weight is 343 g/mol. The van der Waals surface area contributed by atoms with Gasteiger partial charge in [0.05, 0.1) is 19.3 Å². The van der Waals surface area contributed by atoms with Crippen molar-refractivity contribution in [3.8, 4) is 5.75 Å². The predicted octanol–water partition coefficient (Wildman–Crippen LogP) is 1.64. The number of aliphatic carboxylic acids is 1. The normalized spacial score (nSPS) is 15.8. The first-order valence-corrected chi connectivity index (χ1v) is 7.43. The van der Waals surface area contributed by atoms with E-state index >= 15 is 0 Å². The van der Waals surface area contributed by atoms with Crippen molar-refractivity contribution < 1.29 is 28.2 Å². The van der Waals surface area contributed by atoms with Crippen LogP contribution >= 0.6 is 0 Å². The highest BCUT2D eigenvalue weighted by Gasteiger charge is 2.22. The number of halogens is 2. The molecule has 0 bridgehead atoms. The second-order valence-electron chi connectivity index (χ2n) is 5.51. The van der Waals surface area contributed by atoms with E-state index in [9.17, 15) is 18.4 Å². The van der Waals surface area contributed by atoms with E-state index in [0.717, 1.165) is 12.1 Å². The molecule has 0 atom stereocenters. The second-order valence-corrected chi connectivity index (χ2v) is 5.51. The molecule has 0 spiro atoms. The summed E-state index contributed by atoms with van der Waals surface area (Å²) >= 11 is 0. The van der Waals surface area contributed by atoms with Crippen molar-refractivity contribution in [1.82, 2.24) is 10.2 Å². The molecule has 132 valence electrons. The maximum Gasteiger partial charge on any atom is 0.319 e. The molecule has 0 saturated carbocycles. The van der Waals surface area contributed by atoms with Crippen molar-refractivity contribution in [2.24, 2.45) is 0 Å². The maximum absolute atomic E-state index is 13.3. The Morgan fingerprint density at radius 3 is 2.50 bits per heavy atom. The van der Waals surface area contributed by atoms with Crippen LogP contribution in [0, 0.1) is 11.6 Å². The van der Waals surface area contributed by atoms with Crippen LogP contribution in [0.15, 0.2) is 12.1 Å². The zero-order chi connectivity index (χ0) is 17.7. The lowest BCUT2D eigenvalue weighted by atomic mass is 10.1. The van der Waals surface area contributed by atoms with Gasteiger partial charge in [-0.2, -0.15) is 0 Å². The van der Waals surface area contributed by atoms with Crippen LogP contribution in [0.4, 0.5) is 19.3 Å². The third-order valence-corrected chi connectivity index (χ3v) is 3.77. The number of benzene rings is 1. The molecule has 0 aromatic heterocycles. The van der Waals surface area contributed by atoms with Crippen molar-refractivity contribution in [3.63, 3.8) is 0 Å².